The van der Waals surface area contributed by atoms with E-state index in [0.717, 1.165) is 55.1 Å². The zero-order valence-electron chi connectivity index (χ0n) is 17.4. The van der Waals surface area contributed by atoms with Crippen LogP contribution in [0.4, 0.5) is 0 Å². The van der Waals surface area contributed by atoms with Gasteiger partial charge in [-0.05, 0) is 49.9 Å². The average Bonchev–Trinajstić information content (AvgIpc) is 3.21. The second kappa shape index (κ2) is 9.60. The number of hydrogen-bond acceptors (Lipinski definition) is 5. The summed E-state index contributed by atoms with van der Waals surface area (Å²) < 4.78 is 5.18. The summed E-state index contributed by atoms with van der Waals surface area (Å²) in [6.07, 6.45) is 6.03. The number of amides is 2. The van der Waals surface area contributed by atoms with Crippen LogP contribution in [0.1, 0.15) is 59.1 Å². The first-order valence-electron chi connectivity index (χ1n) is 10.8. The summed E-state index contributed by atoms with van der Waals surface area (Å²) in [6.45, 7) is 2.13. The molecule has 1 saturated carbocycles. The van der Waals surface area contributed by atoms with Gasteiger partial charge in [0.2, 0.25) is 5.91 Å². The second-order valence-electron chi connectivity index (χ2n) is 8.16. The minimum absolute atomic E-state index is 0.0674. The highest BCUT2D eigenvalue weighted by atomic mass is 32.1. The van der Waals surface area contributed by atoms with Crippen LogP contribution in [0.3, 0.4) is 0 Å². The molecule has 2 amide bonds. The van der Waals surface area contributed by atoms with Crippen molar-refractivity contribution in [2.24, 2.45) is 5.92 Å². The topological polar surface area (TPSA) is 71.5 Å². The highest BCUT2D eigenvalue weighted by molar-refractivity contribution is 7.09. The molecule has 0 bridgehead atoms. The summed E-state index contributed by atoms with van der Waals surface area (Å²) >= 11 is 1.67. The molecule has 7 heteroatoms. The number of methoxy groups -OCH3 is 1. The Kier molecular flexibility index (Phi) is 6.67. The Bertz CT molecular complexity index is 876. The smallest absolute Gasteiger partial charge is 0.253 e. The van der Waals surface area contributed by atoms with E-state index in [4.69, 9.17) is 9.72 Å². The summed E-state index contributed by atoms with van der Waals surface area (Å²) in [7, 11) is 1.62. The fourth-order valence-corrected chi connectivity index (χ4v) is 5.02. The van der Waals surface area contributed by atoms with Gasteiger partial charge in [-0.3, -0.25) is 9.59 Å². The number of rotatable bonds is 7. The lowest BCUT2D eigenvalue weighted by molar-refractivity contribution is -0.127. The average molecular weight is 428 g/mol. The van der Waals surface area contributed by atoms with Crippen LogP contribution < -0.4 is 10.1 Å². The van der Waals surface area contributed by atoms with Crippen LogP contribution in [-0.4, -0.2) is 48.4 Å². The van der Waals surface area contributed by atoms with E-state index in [9.17, 15) is 9.59 Å². The quantitative estimate of drug-likeness (QED) is 0.732. The number of benzene rings is 1. The van der Waals surface area contributed by atoms with Crippen molar-refractivity contribution >= 4 is 23.2 Å². The van der Waals surface area contributed by atoms with Gasteiger partial charge in [0.25, 0.3) is 5.91 Å². The first-order chi connectivity index (χ1) is 14.6. The zero-order chi connectivity index (χ0) is 20.9. The number of likely N-dealkylation sites (tertiary alicyclic amines) is 1. The molecular formula is C23H29N3O3S. The Hall–Kier alpha value is -2.41. The minimum Gasteiger partial charge on any atom is -0.497 e. The molecule has 1 aliphatic heterocycles. The van der Waals surface area contributed by atoms with E-state index in [-0.39, 0.29) is 23.7 Å². The van der Waals surface area contributed by atoms with E-state index in [0.29, 0.717) is 18.7 Å². The lowest BCUT2D eigenvalue weighted by atomic mass is 9.85. The van der Waals surface area contributed by atoms with Gasteiger partial charge in [0.1, 0.15) is 5.75 Å². The standard InChI is InChI=1S/C23H29N3O3S/c1-29-20-9-7-17(8-10-20)23(28)26-13-3-6-18(14-26)22-25-19(15-30-22)11-12-24-21(27)16-4-2-5-16/h7-10,15-16,18H,2-6,11-14H2,1H3,(H,24,27). The fraction of sp³-hybridized carbons (Fsp3) is 0.522. The number of carbonyl (C=O) groups is 2. The molecule has 0 spiro atoms. The van der Waals surface area contributed by atoms with Crippen molar-refractivity contribution in [2.45, 2.75) is 44.4 Å². The summed E-state index contributed by atoms with van der Waals surface area (Å²) in [5, 5.41) is 6.23. The molecule has 1 aliphatic carbocycles. The first kappa shape index (κ1) is 20.8. The highest BCUT2D eigenvalue weighted by Gasteiger charge is 2.28. The molecule has 1 unspecified atom stereocenters. The summed E-state index contributed by atoms with van der Waals surface area (Å²) in [5.41, 5.74) is 1.72. The maximum atomic E-state index is 12.9. The fourth-order valence-electron chi connectivity index (χ4n) is 4.03. The van der Waals surface area contributed by atoms with Crippen molar-refractivity contribution in [3.8, 4) is 5.75 Å². The number of ether oxygens (including phenoxy) is 1. The lowest BCUT2D eigenvalue weighted by Crippen LogP contribution is -2.39. The number of nitrogens with one attached hydrogen (secondary N) is 1. The van der Waals surface area contributed by atoms with Crippen molar-refractivity contribution in [2.75, 3.05) is 26.7 Å². The van der Waals surface area contributed by atoms with E-state index < -0.39 is 0 Å². The van der Waals surface area contributed by atoms with Gasteiger partial charge in [-0.25, -0.2) is 4.98 Å². The Morgan fingerprint density at radius 2 is 2.00 bits per heavy atom. The van der Waals surface area contributed by atoms with Gasteiger partial charge in [0, 0.05) is 48.8 Å². The number of aromatic nitrogens is 1. The Balaban J connectivity index is 1.30. The minimum atomic E-state index is 0.0674. The number of nitrogens with zero attached hydrogens (tertiary/aromatic N) is 2. The summed E-state index contributed by atoms with van der Waals surface area (Å²) in [6, 6.07) is 7.30. The van der Waals surface area contributed by atoms with Crippen LogP contribution in [0, 0.1) is 5.92 Å². The van der Waals surface area contributed by atoms with Gasteiger partial charge >= 0.3 is 0 Å². The molecule has 2 aromatic rings. The van der Waals surface area contributed by atoms with Crippen molar-refractivity contribution in [1.29, 1.82) is 0 Å². The number of carbonyl (C=O) groups excluding carboxylic acids is 2. The third-order valence-corrected chi connectivity index (χ3v) is 7.18. The van der Waals surface area contributed by atoms with Crippen LogP contribution in [0.2, 0.25) is 0 Å². The molecule has 30 heavy (non-hydrogen) atoms. The molecule has 160 valence electrons. The normalized spacial score (nSPS) is 19.2. The van der Waals surface area contributed by atoms with Gasteiger partial charge in [-0.2, -0.15) is 0 Å². The van der Waals surface area contributed by atoms with Gasteiger partial charge in [-0.15, -0.1) is 11.3 Å². The van der Waals surface area contributed by atoms with Gasteiger partial charge in [0.05, 0.1) is 17.8 Å². The van der Waals surface area contributed by atoms with Crippen LogP contribution >= 0.6 is 11.3 Å². The van der Waals surface area contributed by atoms with Crippen molar-refractivity contribution in [3.05, 3.63) is 45.9 Å². The third kappa shape index (κ3) is 4.83. The highest BCUT2D eigenvalue weighted by Crippen LogP contribution is 2.30. The van der Waals surface area contributed by atoms with E-state index >= 15 is 0 Å². The molecule has 1 N–H and O–H groups in total. The largest absolute Gasteiger partial charge is 0.497 e. The van der Waals surface area contributed by atoms with E-state index in [1.165, 1.54) is 6.42 Å². The molecule has 2 fully saturated rings. The number of thiazole rings is 1. The van der Waals surface area contributed by atoms with Gasteiger partial charge in [0.15, 0.2) is 0 Å². The Morgan fingerprint density at radius 3 is 2.70 bits per heavy atom. The van der Waals surface area contributed by atoms with Crippen LogP contribution in [0.5, 0.6) is 5.75 Å². The van der Waals surface area contributed by atoms with Gasteiger partial charge < -0.3 is 15.0 Å². The molecule has 0 radical (unpaired) electrons. The van der Waals surface area contributed by atoms with Crippen LogP contribution in [-0.2, 0) is 11.2 Å². The zero-order valence-corrected chi connectivity index (χ0v) is 18.2. The van der Waals surface area contributed by atoms with Crippen molar-refractivity contribution in [3.63, 3.8) is 0 Å². The van der Waals surface area contributed by atoms with E-state index in [1.807, 2.05) is 29.2 Å². The number of hydrogen-bond donors (Lipinski definition) is 1. The molecule has 2 heterocycles. The predicted octanol–water partition coefficient (Wildman–Crippen LogP) is 3.63. The van der Waals surface area contributed by atoms with Crippen molar-refractivity contribution in [1.82, 2.24) is 15.2 Å². The van der Waals surface area contributed by atoms with E-state index in [2.05, 4.69) is 10.7 Å². The summed E-state index contributed by atoms with van der Waals surface area (Å²) in [4.78, 5) is 31.6. The Morgan fingerprint density at radius 1 is 1.20 bits per heavy atom. The van der Waals surface area contributed by atoms with Crippen LogP contribution in [0.15, 0.2) is 29.6 Å². The molecule has 1 aromatic carbocycles. The molecule has 6 nitrogen and oxygen atoms in total. The van der Waals surface area contributed by atoms with E-state index in [1.54, 1.807) is 18.4 Å². The molecule has 4 rings (SSSR count). The maximum Gasteiger partial charge on any atom is 0.253 e. The first-order valence-corrected chi connectivity index (χ1v) is 11.7. The SMILES string of the molecule is COc1ccc(C(=O)N2CCCC(c3nc(CCNC(=O)C4CCC4)cs3)C2)cc1. The molecular weight excluding hydrogens is 398 g/mol. The Labute approximate surface area is 181 Å². The lowest BCUT2D eigenvalue weighted by Gasteiger charge is -2.32. The van der Waals surface area contributed by atoms with Crippen LogP contribution in [0.25, 0.3) is 0 Å². The third-order valence-electron chi connectivity index (χ3n) is 6.12. The molecule has 1 atom stereocenters. The van der Waals surface area contributed by atoms with Gasteiger partial charge in [-0.1, -0.05) is 6.42 Å². The molecule has 1 saturated heterocycles. The molecule has 1 aromatic heterocycles. The maximum absolute atomic E-state index is 12.9. The summed E-state index contributed by atoms with van der Waals surface area (Å²) in [5.74, 6) is 1.52. The number of piperidine rings is 1. The predicted molar refractivity (Wildman–Crippen MR) is 117 cm³/mol. The molecule has 2 aliphatic rings. The monoisotopic (exact) mass is 427 g/mol. The second-order valence-corrected chi connectivity index (χ2v) is 9.05. The van der Waals surface area contributed by atoms with Crippen molar-refractivity contribution < 1.29 is 14.3 Å².